The topological polar surface area (TPSA) is 356 Å². The van der Waals surface area contributed by atoms with E-state index in [2.05, 4.69) is 31.9 Å². The minimum absolute atomic E-state index is 0.0574. The first-order valence-corrected chi connectivity index (χ1v) is 17.8. The zero-order valence-electron chi connectivity index (χ0n) is 32.5. The first kappa shape index (κ1) is 49.7. The SMILES string of the molecule is CC(C)C[C@H](NC(=O)[C@H](CC(N)=O)NC(=O)[C@@H](N)C(C)C)C(=O)N[C@@H](CC(=O)O)C(=O)N[C@H](C(=O)N[C@@H](CCC(=O)O)C(=O)N[C@H](C(=O)O)C(C)C)C(C)C. The summed E-state index contributed by atoms with van der Waals surface area (Å²) in [7, 11) is 0. The summed E-state index contributed by atoms with van der Waals surface area (Å²) in [6, 6.07) is -10.3. The quantitative estimate of drug-likeness (QED) is 0.0457. The predicted molar refractivity (Wildman–Crippen MR) is 194 cm³/mol. The number of carboxylic acid groups (broad SMARTS) is 3. The summed E-state index contributed by atoms with van der Waals surface area (Å²) in [5.41, 5.74) is 11.1. The summed E-state index contributed by atoms with van der Waals surface area (Å²) < 4.78 is 0. The molecule has 0 radical (unpaired) electrons. The molecule has 21 heteroatoms. The summed E-state index contributed by atoms with van der Waals surface area (Å²) in [5.74, 6) is -13.1. The van der Waals surface area contributed by atoms with Gasteiger partial charge in [-0.15, -0.1) is 0 Å². The molecule has 0 fully saturated rings. The average Bonchev–Trinajstić information content (AvgIpc) is 3.04. The summed E-state index contributed by atoms with van der Waals surface area (Å²) in [6.07, 6.45) is -2.76. The van der Waals surface area contributed by atoms with Crippen molar-refractivity contribution in [1.29, 1.82) is 0 Å². The molecule has 0 rings (SSSR count). The largest absolute Gasteiger partial charge is 0.481 e. The Labute approximate surface area is 319 Å². The number of rotatable bonds is 25. The van der Waals surface area contributed by atoms with E-state index in [1.165, 1.54) is 27.7 Å². The zero-order chi connectivity index (χ0) is 42.9. The monoisotopic (exact) mass is 786 g/mol. The van der Waals surface area contributed by atoms with Gasteiger partial charge in [0.15, 0.2) is 0 Å². The number of hydrogen-bond acceptors (Lipinski definition) is 11. The standard InChI is InChI=1S/C34H58N8O13/c1-14(2)11-19(38-30(50)20(12-22(35)43)40-32(52)25(36)15(3)4)29(49)39-21(13-24(46)47)31(51)41-26(16(5)6)33(53)37-18(9-10-23(44)45)28(48)42-27(17(7)8)34(54)55/h14-21,25-27H,9-13,36H2,1-8H3,(H2,35,43)(H,37,53)(H,38,50)(H,39,49)(H,40,52)(H,41,51)(H,42,48)(H,44,45)(H,46,47)(H,54,55)/t18-,19-,20-,21-,25-,26-,27-/m0/s1. The Kier molecular flexibility index (Phi) is 21.2. The van der Waals surface area contributed by atoms with E-state index in [1.54, 1.807) is 27.7 Å². The van der Waals surface area contributed by atoms with Crippen LogP contribution in [0.4, 0.5) is 0 Å². The number of primary amides is 1. The van der Waals surface area contributed by atoms with Crippen molar-refractivity contribution in [2.45, 2.75) is 130 Å². The highest BCUT2D eigenvalue weighted by atomic mass is 16.4. The van der Waals surface area contributed by atoms with Crippen LogP contribution in [-0.4, -0.2) is 117 Å². The Morgan fingerprint density at radius 3 is 1.35 bits per heavy atom. The van der Waals surface area contributed by atoms with Gasteiger partial charge in [-0.1, -0.05) is 55.4 Å². The summed E-state index contributed by atoms with van der Waals surface area (Å²) >= 11 is 0. The summed E-state index contributed by atoms with van der Waals surface area (Å²) in [6.45, 7) is 12.7. The lowest BCUT2D eigenvalue weighted by molar-refractivity contribution is -0.144. The lowest BCUT2D eigenvalue weighted by Gasteiger charge is -2.29. The molecule has 0 bridgehead atoms. The predicted octanol–water partition coefficient (Wildman–Crippen LogP) is -2.46. The van der Waals surface area contributed by atoms with E-state index in [0.29, 0.717) is 0 Å². The first-order valence-electron chi connectivity index (χ1n) is 17.8. The van der Waals surface area contributed by atoms with Gasteiger partial charge in [0.05, 0.1) is 18.9 Å². The van der Waals surface area contributed by atoms with Crippen molar-refractivity contribution >= 4 is 59.3 Å². The molecule has 7 amide bonds. The maximum absolute atomic E-state index is 13.5. The molecular weight excluding hydrogens is 728 g/mol. The molecule has 0 aliphatic rings. The van der Waals surface area contributed by atoms with Crippen LogP contribution in [-0.2, 0) is 47.9 Å². The second-order valence-electron chi connectivity index (χ2n) is 14.6. The highest BCUT2D eigenvalue weighted by Crippen LogP contribution is 2.11. The molecule has 0 heterocycles. The molecule has 0 saturated carbocycles. The number of aliphatic carboxylic acids is 3. The normalized spacial score (nSPS) is 15.1. The maximum atomic E-state index is 13.5. The number of carbonyl (C=O) groups excluding carboxylic acids is 7. The van der Waals surface area contributed by atoms with E-state index in [1.807, 2.05) is 0 Å². The Hall–Kier alpha value is -5.34. The van der Waals surface area contributed by atoms with Gasteiger partial charge < -0.3 is 58.7 Å². The molecule has 0 unspecified atom stereocenters. The van der Waals surface area contributed by atoms with E-state index in [0.717, 1.165) is 0 Å². The van der Waals surface area contributed by atoms with Crippen molar-refractivity contribution in [3.05, 3.63) is 0 Å². The van der Waals surface area contributed by atoms with Crippen molar-refractivity contribution in [3.8, 4) is 0 Å². The van der Waals surface area contributed by atoms with Crippen molar-refractivity contribution in [2.24, 2.45) is 35.1 Å². The first-order chi connectivity index (χ1) is 25.3. The fourth-order valence-corrected chi connectivity index (χ4v) is 4.97. The Morgan fingerprint density at radius 2 is 0.909 bits per heavy atom. The van der Waals surface area contributed by atoms with Crippen LogP contribution >= 0.6 is 0 Å². The Morgan fingerprint density at radius 1 is 0.491 bits per heavy atom. The van der Waals surface area contributed by atoms with Gasteiger partial charge in [0.25, 0.3) is 0 Å². The van der Waals surface area contributed by atoms with E-state index in [9.17, 15) is 63.3 Å². The third-order valence-electron chi connectivity index (χ3n) is 8.17. The minimum atomic E-state index is -1.83. The summed E-state index contributed by atoms with van der Waals surface area (Å²) in [5, 5.41) is 42.2. The molecule has 0 spiro atoms. The molecule has 0 aromatic rings. The van der Waals surface area contributed by atoms with Crippen LogP contribution in [0.2, 0.25) is 0 Å². The van der Waals surface area contributed by atoms with Gasteiger partial charge in [-0.05, 0) is 36.5 Å². The molecule has 21 nitrogen and oxygen atoms in total. The lowest BCUT2D eigenvalue weighted by atomic mass is 9.99. The second-order valence-corrected chi connectivity index (χ2v) is 14.6. The molecular formula is C34H58N8O13. The Bertz CT molecular complexity index is 1420. The number of carbonyl (C=O) groups is 10. The number of amides is 7. The molecule has 55 heavy (non-hydrogen) atoms. The number of carboxylic acids is 3. The fraction of sp³-hybridized carbons (Fsp3) is 0.706. The van der Waals surface area contributed by atoms with Crippen LogP contribution in [0.15, 0.2) is 0 Å². The van der Waals surface area contributed by atoms with E-state index in [4.69, 9.17) is 11.5 Å². The number of hydrogen-bond donors (Lipinski definition) is 11. The third-order valence-corrected chi connectivity index (χ3v) is 8.17. The number of nitrogens with one attached hydrogen (secondary N) is 6. The highest BCUT2D eigenvalue weighted by Gasteiger charge is 2.36. The minimum Gasteiger partial charge on any atom is -0.481 e. The highest BCUT2D eigenvalue weighted by molar-refractivity contribution is 5.99. The van der Waals surface area contributed by atoms with Crippen molar-refractivity contribution in [1.82, 2.24) is 31.9 Å². The van der Waals surface area contributed by atoms with Crippen LogP contribution in [0.1, 0.15) is 87.5 Å². The molecule has 0 aromatic carbocycles. The van der Waals surface area contributed by atoms with Crippen LogP contribution in [0.5, 0.6) is 0 Å². The second kappa shape index (κ2) is 23.4. The average molecular weight is 787 g/mol. The van der Waals surface area contributed by atoms with Crippen LogP contribution < -0.4 is 43.4 Å². The maximum Gasteiger partial charge on any atom is 0.326 e. The van der Waals surface area contributed by atoms with Gasteiger partial charge >= 0.3 is 17.9 Å². The van der Waals surface area contributed by atoms with Crippen LogP contribution in [0.3, 0.4) is 0 Å². The van der Waals surface area contributed by atoms with Gasteiger partial charge in [-0.25, -0.2) is 4.79 Å². The smallest absolute Gasteiger partial charge is 0.326 e. The van der Waals surface area contributed by atoms with Crippen molar-refractivity contribution in [3.63, 3.8) is 0 Å². The zero-order valence-corrected chi connectivity index (χ0v) is 32.5. The van der Waals surface area contributed by atoms with E-state index in [-0.39, 0.29) is 18.3 Å². The Balaban J connectivity index is 6.33. The van der Waals surface area contributed by atoms with Crippen LogP contribution in [0.25, 0.3) is 0 Å². The number of nitrogens with two attached hydrogens (primary N) is 2. The van der Waals surface area contributed by atoms with Crippen molar-refractivity contribution in [2.75, 3.05) is 0 Å². The van der Waals surface area contributed by atoms with Gasteiger partial charge in [-0.3, -0.25) is 43.2 Å². The molecule has 0 aromatic heterocycles. The van der Waals surface area contributed by atoms with Gasteiger partial charge in [0.2, 0.25) is 41.4 Å². The molecule has 0 aliphatic carbocycles. The lowest BCUT2D eigenvalue weighted by Crippen LogP contribution is -2.61. The molecule has 0 saturated heterocycles. The van der Waals surface area contributed by atoms with Gasteiger partial charge in [0, 0.05) is 6.42 Å². The van der Waals surface area contributed by atoms with Gasteiger partial charge in [-0.2, -0.15) is 0 Å². The van der Waals surface area contributed by atoms with Gasteiger partial charge in [0.1, 0.15) is 36.3 Å². The van der Waals surface area contributed by atoms with E-state index < -0.39 is 139 Å². The van der Waals surface area contributed by atoms with Crippen molar-refractivity contribution < 1.29 is 63.3 Å². The molecule has 13 N–H and O–H groups in total. The van der Waals surface area contributed by atoms with Crippen LogP contribution in [0, 0.1) is 23.7 Å². The molecule has 0 aliphatic heterocycles. The third kappa shape index (κ3) is 18.5. The molecule has 312 valence electrons. The fourth-order valence-electron chi connectivity index (χ4n) is 4.97. The summed E-state index contributed by atoms with van der Waals surface area (Å²) in [4.78, 5) is 126. The molecule has 7 atom stereocenters. The van der Waals surface area contributed by atoms with E-state index >= 15 is 0 Å².